The van der Waals surface area contributed by atoms with Crippen LogP contribution in [0.3, 0.4) is 0 Å². The van der Waals surface area contributed by atoms with E-state index in [1.54, 1.807) is 0 Å². The van der Waals surface area contributed by atoms with Gasteiger partial charge in [0.2, 0.25) is 20.7 Å². The molecule has 94 valence electrons. The fourth-order valence-electron chi connectivity index (χ4n) is 2.13. The number of hydrogen-bond acceptors (Lipinski definition) is 4. The van der Waals surface area contributed by atoms with E-state index < -0.39 is 21.1 Å². The minimum Gasteiger partial charge on any atom is -0.475 e. The third-order valence-electron chi connectivity index (χ3n) is 3.06. The summed E-state index contributed by atoms with van der Waals surface area (Å²) in [6, 6.07) is 2.41. The Kier molecular flexibility index (Phi) is 3.24. The average Bonchev–Trinajstić information content (AvgIpc) is 2.80. The third kappa shape index (κ3) is 2.36. The van der Waals surface area contributed by atoms with Crippen LogP contribution in [0, 0.1) is 0 Å². The monoisotopic (exact) mass is 258 g/mol. The van der Waals surface area contributed by atoms with Gasteiger partial charge in [0.25, 0.3) is 0 Å². The molecular formula is C11H14O5S. The highest BCUT2D eigenvalue weighted by Gasteiger charge is 2.31. The molecule has 0 amide bonds. The van der Waals surface area contributed by atoms with Crippen molar-refractivity contribution in [2.45, 2.75) is 42.4 Å². The summed E-state index contributed by atoms with van der Waals surface area (Å²) >= 11 is 0. The van der Waals surface area contributed by atoms with Gasteiger partial charge >= 0.3 is 5.97 Å². The summed E-state index contributed by atoms with van der Waals surface area (Å²) in [5.41, 5.74) is 0. The van der Waals surface area contributed by atoms with Crippen molar-refractivity contribution in [2.24, 2.45) is 0 Å². The van der Waals surface area contributed by atoms with E-state index in [4.69, 9.17) is 9.52 Å². The summed E-state index contributed by atoms with van der Waals surface area (Å²) in [6.07, 6.45) is 4.12. The fraction of sp³-hybridized carbons (Fsp3) is 0.545. The van der Waals surface area contributed by atoms with Gasteiger partial charge < -0.3 is 9.52 Å². The molecule has 0 unspecified atom stereocenters. The maximum absolute atomic E-state index is 12.1. The largest absolute Gasteiger partial charge is 0.475 e. The van der Waals surface area contributed by atoms with Gasteiger partial charge in [0.1, 0.15) is 0 Å². The van der Waals surface area contributed by atoms with Crippen LogP contribution in [0.5, 0.6) is 0 Å². The van der Waals surface area contributed by atoms with Crippen molar-refractivity contribution in [3.8, 4) is 0 Å². The van der Waals surface area contributed by atoms with E-state index in [9.17, 15) is 13.2 Å². The molecular weight excluding hydrogens is 244 g/mol. The first-order chi connectivity index (χ1) is 8.01. The minimum atomic E-state index is -3.50. The molecule has 1 aliphatic rings. The van der Waals surface area contributed by atoms with Crippen LogP contribution in [0.15, 0.2) is 21.6 Å². The zero-order valence-electron chi connectivity index (χ0n) is 9.26. The zero-order chi connectivity index (χ0) is 12.5. The molecule has 0 spiro atoms. The van der Waals surface area contributed by atoms with E-state index in [1.807, 2.05) is 0 Å². The first-order valence-electron chi connectivity index (χ1n) is 5.59. The Hall–Kier alpha value is -1.30. The standard InChI is InChI=1S/C11H14O5S/c12-11(13)9-6-7-10(16-9)17(14,15)8-4-2-1-3-5-8/h6-8H,1-5H2,(H,12,13). The van der Waals surface area contributed by atoms with E-state index in [0.29, 0.717) is 12.8 Å². The smallest absolute Gasteiger partial charge is 0.371 e. The molecule has 0 bridgehead atoms. The normalized spacial score (nSPS) is 18.1. The highest BCUT2D eigenvalue weighted by Crippen LogP contribution is 2.29. The predicted molar refractivity (Wildman–Crippen MR) is 59.7 cm³/mol. The zero-order valence-corrected chi connectivity index (χ0v) is 10.1. The van der Waals surface area contributed by atoms with Crippen molar-refractivity contribution in [3.63, 3.8) is 0 Å². The van der Waals surface area contributed by atoms with Crippen molar-refractivity contribution < 1.29 is 22.7 Å². The number of aromatic carboxylic acids is 1. The number of sulfone groups is 1. The molecule has 1 saturated carbocycles. The van der Waals surface area contributed by atoms with Crippen LogP contribution in [0.25, 0.3) is 0 Å². The van der Waals surface area contributed by atoms with E-state index in [2.05, 4.69) is 0 Å². The van der Waals surface area contributed by atoms with Crippen molar-refractivity contribution in [3.05, 3.63) is 17.9 Å². The third-order valence-corrected chi connectivity index (χ3v) is 5.19. The van der Waals surface area contributed by atoms with Gasteiger partial charge in [-0.2, -0.15) is 0 Å². The lowest BCUT2D eigenvalue weighted by atomic mass is 10.0. The van der Waals surface area contributed by atoms with Gasteiger partial charge in [-0.15, -0.1) is 0 Å². The Balaban J connectivity index is 2.27. The molecule has 0 saturated heterocycles. The van der Waals surface area contributed by atoms with E-state index in [0.717, 1.165) is 19.3 Å². The molecule has 1 aromatic heterocycles. The van der Waals surface area contributed by atoms with Crippen molar-refractivity contribution in [1.82, 2.24) is 0 Å². The summed E-state index contributed by atoms with van der Waals surface area (Å²) in [5, 5.41) is 8.04. The molecule has 17 heavy (non-hydrogen) atoms. The van der Waals surface area contributed by atoms with Crippen molar-refractivity contribution in [2.75, 3.05) is 0 Å². The Labute approximate surface area is 99.4 Å². The Morgan fingerprint density at radius 2 is 1.88 bits per heavy atom. The van der Waals surface area contributed by atoms with Gasteiger partial charge in [-0.05, 0) is 25.0 Å². The molecule has 0 atom stereocenters. The quantitative estimate of drug-likeness (QED) is 0.897. The lowest BCUT2D eigenvalue weighted by molar-refractivity contribution is 0.0656. The Bertz CT molecular complexity index is 508. The van der Waals surface area contributed by atoms with Gasteiger partial charge in [0.15, 0.2) is 0 Å². The van der Waals surface area contributed by atoms with E-state index in [1.165, 1.54) is 12.1 Å². The van der Waals surface area contributed by atoms with Crippen molar-refractivity contribution in [1.29, 1.82) is 0 Å². The second kappa shape index (κ2) is 4.52. The highest BCUT2D eigenvalue weighted by atomic mass is 32.2. The maximum atomic E-state index is 12.1. The molecule has 1 N–H and O–H groups in total. The van der Waals surface area contributed by atoms with Gasteiger partial charge in [-0.3, -0.25) is 0 Å². The second-order valence-corrected chi connectivity index (χ2v) is 6.39. The van der Waals surface area contributed by atoms with E-state index >= 15 is 0 Å². The molecule has 1 heterocycles. The topological polar surface area (TPSA) is 84.6 Å². The predicted octanol–water partition coefficient (Wildman–Crippen LogP) is 2.08. The highest BCUT2D eigenvalue weighted by molar-refractivity contribution is 7.91. The van der Waals surface area contributed by atoms with Crippen LogP contribution >= 0.6 is 0 Å². The number of carboxylic acid groups (broad SMARTS) is 1. The van der Waals surface area contributed by atoms with Gasteiger partial charge in [0.05, 0.1) is 5.25 Å². The van der Waals surface area contributed by atoms with Crippen LogP contribution in [0.1, 0.15) is 42.7 Å². The first-order valence-corrected chi connectivity index (χ1v) is 7.13. The lowest BCUT2D eigenvalue weighted by Crippen LogP contribution is -2.23. The Morgan fingerprint density at radius 1 is 1.24 bits per heavy atom. The number of furan rings is 1. The molecule has 1 aliphatic carbocycles. The summed E-state index contributed by atoms with van der Waals surface area (Å²) in [7, 11) is -3.50. The lowest BCUT2D eigenvalue weighted by Gasteiger charge is -2.20. The van der Waals surface area contributed by atoms with Gasteiger partial charge in [-0.25, -0.2) is 13.2 Å². The van der Waals surface area contributed by atoms with Crippen LogP contribution < -0.4 is 0 Å². The van der Waals surface area contributed by atoms with Crippen molar-refractivity contribution >= 4 is 15.8 Å². The molecule has 0 aromatic carbocycles. The van der Waals surface area contributed by atoms with Gasteiger partial charge in [-0.1, -0.05) is 19.3 Å². The summed E-state index contributed by atoms with van der Waals surface area (Å²) < 4.78 is 29.1. The van der Waals surface area contributed by atoms with Gasteiger partial charge in [0, 0.05) is 0 Å². The summed E-state index contributed by atoms with van der Waals surface area (Å²) in [5.74, 6) is -1.59. The van der Waals surface area contributed by atoms with Crippen LogP contribution in [-0.2, 0) is 9.84 Å². The number of carbonyl (C=O) groups is 1. The molecule has 2 rings (SSSR count). The number of rotatable bonds is 3. The Morgan fingerprint density at radius 3 is 2.41 bits per heavy atom. The molecule has 0 radical (unpaired) electrons. The summed E-state index contributed by atoms with van der Waals surface area (Å²) in [6.45, 7) is 0. The number of carboxylic acids is 1. The molecule has 1 fully saturated rings. The first kappa shape index (κ1) is 12.2. The molecule has 1 aromatic rings. The average molecular weight is 258 g/mol. The van der Waals surface area contributed by atoms with E-state index in [-0.39, 0.29) is 10.9 Å². The van der Waals surface area contributed by atoms with Crippen LogP contribution in [-0.4, -0.2) is 24.7 Å². The fourth-order valence-corrected chi connectivity index (χ4v) is 3.87. The minimum absolute atomic E-state index is 0.221. The SMILES string of the molecule is O=C(O)c1ccc(S(=O)(=O)C2CCCCC2)o1. The molecule has 0 aliphatic heterocycles. The van der Waals surface area contributed by atoms with Crippen LogP contribution in [0.4, 0.5) is 0 Å². The van der Waals surface area contributed by atoms with Crippen LogP contribution in [0.2, 0.25) is 0 Å². The maximum Gasteiger partial charge on any atom is 0.371 e. The summed E-state index contributed by atoms with van der Waals surface area (Å²) in [4.78, 5) is 10.6. The number of hydrogen-bond donors (Lipinski definition) is 1. The second-order valence-electron chi connectivity index (χ2n) is 4.23. The molecule has 6 heteroatoms. The molecule has 5 nitrogen and oxygen atoms in total.